The lowest BCUT2D eigenvalue weighted by molar-refractivity contribution is 0.0642. The average molecular weight is 542 g/mol. The summed E-state index contributed by atoms with van der Waals surface area (Å²) >= 11 is 1.40. The molecule has 0 aromatic carbocycles. The summed E-state index contributed by atoms with van der Waals surface area (Å²) in [4.78, 5) is 26.6. The van der Waals surface area contributed by atoms with Gasteiger partial charge in [-0.25, -0.2) is 4.79 Å². The van der Waals surface area contributed by atoms with Crippen molar-refractivity contribution in [3.63, 3.8) is 0 Å². The number of methoxy groups -OCH3 is 1. The van der Waals surface area contributed by atoms with Crippen LogP contribution in [0.25, 0.3) is 10.2 Å². The summed E-state index contributed by atoms with van der Waals surface area (Å²) in [6, 6.07) is 1.18. The third-order valence-electron chi connectivity index (χ3n) is 7.95. The van der Waals surface area contributed by atoms with Gasteiger partial charge < -0.3 is 25.0 Å². The zero-order valence-corrected chi connectivity index (χ0v) is 22.7. The monoisotopic (exact) mass is 541 g/mol. The Balaban J connectivity index is 1.10. The highest BCUT2D eigenvalue weighted by Gasteiger charge is 2.30. The molecule has 1 atom stereocenters. The van der Waals surface area contributed by atoms with Crippen molar-refractivity contribution in [1.82, 2.24) is 33.9 Å². The first kappa shape index (κ1) is 25.3. The molecule has 0 spiro atoms. The van der Waals surface area contributed by atoms with Gasteiger partial charge in [0.1, 0.15) is 5.82 Å². The molecule has 3 aliphatic rings. The normalized spacial score (nSPS) is 24.6. The number of nitrogens with one attached hydrogen (secondary N) is 2. The number of nitrogens with zero attached hydrogens (tertiary/aromatic N) is 7. The van der Waals surface area contributed by atoms with E-state index in [1.807, 2.05) is 24.0 Å². The summed E-state index contributed by atoms with van der Waals surface area (Å²) in [5, 5.41) is 12.6. The molecule has 5 heterocycles. The summed E-state index contributed by atoms with van der Waals surface area (Å²) in [6.07, 6.45) is 8.95. The van der Waals surface area contributed by atoms with Crippen LogP contribution in [0.15, 0.2) is 12.4 Å². The lowest BCUT2D eigenvalue weighted by Gasteiger charge is -2.41. The van der Waals surface area contributed by atoms with Gasteiger partial charge >= 0.3 is 6.09 Å². The van der Waals surface area contributed by atoms with Gasteiger partial charge in [0.15, 0.2) is 4.83 Å². The number of aromatic nitrogens is 5. The number of carbonyl (C=O) groups is 1. The van der Waals surface area contributed by atoms with Crippen molar-refractivity contribution in [2.45, 2.75) is 57.2 Å². The van der Waals surface area contributed by atoms with Gasteiger partial charge in [-0.05, 0) is 50.6 Å². The second kappa shape index (κ2) is 11.0. The van der Waals surface area contributed by atoms with E-state index in [1.165, 1.54) is 18.6 Å². The summed E-state index contributed by atoms with van der Waals surface area (Å²) in [6.45, 7) is 6.77. The van der Waals surface area contributed by atoms with E-state index < -0.39 is 0 Å². The fourth-order valence-corrected chi connectivity index (χ4v) is 6.57. The molecule has 0 radical (unpaired) electrons. The van der Waals surface area contributed by atoms with Crippen molar-refractivity contribution in [2.75, 3.05) is 57.1 Å². The highest BCUT2D eigenvalue weighted by molar-refractivity contribution is 7.13. The first-order valence-corrected chi connectivity index (χ1v) is 14.2. The van der Waals surface area contributed by atoms with Crippen LogP contribution in [0.5, 0.6) is 0 Å². The molecule has 0 unspecified atom stereocenters. The molecule has 13 heteroatoms. The number of rotatable bonds is 6. The van der Waals surface area contributed by atoms with Crippen molar-refractivity contribution in [3.8, 4) is 0 Å². The van der Waals surface area contributed by atoms with E-state index in [0.717, 1.165) is 92.3 Å². The van der Waals surface area contributed by atoms with E-state index in [-0.39, 0.29) is 12.1 Å². The SMILES string of the molecule is COC(=O)N1CCN([C@H]2CC[C@H](Nc3nc(Nc4cnn([C@H]5CCOC5)c4)nc4snc(C)c34)CC2)CC1. The Morgan fingerprint density at radius 3 is 2.66 bits per heavy atom. The standard InChI is InChI=1S/C25H35N9O3S/c1-16-21-22(27-17-3-5-19(6-4-17)32-8-10-33(11-9-32)25(35)36-2)29-24(30-23(21)38-31-16)28-18-13-26-34(14-18)20-7-12-37-15-20/h13-14,17,19-20H,3-12,15H2,1-2H3,(H2,27,28,29,30)/t17-,19-,20-/m0/s1. The average Bonchev–Trinajstić information content (AvgIpc) is 3.71. The summed E-state index contributed by atoms with van der Waals surface area (Å²) < 4.78 is 16.9. The third-order valence-corrected chi connectivity index (χ3v) is 8.78. The van der Waals surface area contributed by atoms with Gasteiger partial charge in [0.25, 0.3) is 0 Å². The quantitative estimate of drug-likeness (QED) is 0.480. The Hall–Kier alpha value is -3.03. The maximum Gasteiger partial charge on any atom is 0.409 e. The van der Waals surface area contributed by atoms with E-state index in [1.54, 1.807) is 4.90 Å². The highest BCUT2D eigenvalue weighted by atomic mass is 32.1. The van der Waals surface area contributed by atoms with Crippen molar-refractivity contribution < 1.29 is 14.3 Å². The molecule has 2 saturated heterocycles. The van der Waals surface area contributed by atoms with E-state index in [2.05, 4.69) is 25.0 Å². The maximum absolute atomic E-state index is 11.8. The maximum atomic E-state index is 11.8. The second-order valence-electron chi connectivity index (χ2n) is 10.3. The van der Waals surface area contributed by atoms with Gasteiger partial charge in [0, 0.05) is 51.1 Å². The van der Waals surface area contributed by atoms with Gasteiger partial charge in [-0.15, -0.1) is 0 Å². The first-order valence-electron chi connectivity index (χ1n) is 13.4. The number of hydrogen-bond acceptors (Lipinski definition) is 11. The second-order valence-corrected chi connectivity index (χ2v) is 11.1. The number of fused-ring (bicyclic) bond motifs is 1. The minimum Gasteiger partial charge on any atom is -0.453 e. The van der Waals surface area contributed by atoms with Crippen LogP contribution < -0.4 is 10.6 Å². The Morgan fingerprint density at radius 2 is 1.92 bits per heavy atom. The fraction of sp³-hybridized carbons (Fsp3) is 0.640. The molecule has 2 N–H and O–H groups in total. The molecular weight excluding hydrogens is 506 g/mol. The van der Waals surface area contributed by atoms with Gasteiger partial charge in [-0.1, -0.05) is 0 Å². The van der Waals surface area contributed by atoms with Crippen LogP contribution in [0.2, 0.25) is 0 Å². The lowest BCUT2D eigenvalue weighted by Crippen LogP contribution is -2.53. The highest BCUT2D eigenvalue weighted by Crippen LogP contribution is 2.32. The van der Waals surface area contributed by atoms with E-state index >= 15 is 0 Å². The van der Waals surface area contributed by atoms with Crippen LogP contribution in [0.1, 0.15) is 43.8 Å². The van der Waals surface area contributed by atoms with Gasteiger partial charge in [-0.3, -0.25) is 9.58 Å². The smallest absolute Gasteiger partial charge is 0.409 e. The number of amides is 1. The zero-order valence-electron chi connectivity index (χ0n) is 21.9. The molecule has 1 aliphatic carbocycles. The number of hydrogen-bond donors (Lipinski definition) is 2. The Labute approximate surface area is 225 Å². The number of carbonyl (C=O) groups excluding carboxylic acids is 1. The summed E-state index contributed by atoms with van der Waals surface area (Å²) in [5.74, 6) is 1.39. The molecule has 3 aromatic heterocycles. The molecule has 204 valence electrons. The number of aryl methyl sites for hydroxylation is 1. The van der Waals surface area contributed by atoms with Crippen LogP contribution in [0.4, 0.5) is 22.2 Å². The molecule has 38 heavy (non-hydrogen) atoms. The van der Waals surface area contributed by atoms with Crippen LogP contribution in [0.3, 0.4) is 0 Å². The van der Waals surface area contributed by atoms with Crippen molar-refractivity contribution in [1.29, 1.82) is 0 Å². The van der Waals surface area contributed by atoms with Gasteiger partial charge in [-0.2, -0.15) is 19.4 Å². The number of anilines is 3. The molecule has 0 bridgehead atoms. The van der Waals surface area contributed by atoms with Crippen LogP contribution in [0, 0.1) is 6.92 Å². The fourth-order valence-electron chi connectivity index (χ4n) is 5.79. The Kier molecular flexibility index (Phi) is 7.30. The number of piperazine rings is 1. The van der Waals surface area contributed by atoms with Crippen LogP contribution in [-0.4, -0.2) is 98.6 Å². The summed E-state index contributed by atoms with van der Waals surface area (Å²) in [5.41, 5.74) is 1.81. The predicted molar refractivity (Wildman–Crippen MR) is 145 cm³/mol. The predicted octanol–water partition coefficient (Wildman–Crippen LogP) is 3.40. The molecule has 3 fully saturated rings. The molecular formula is C25H35N9O3S. The van der Waals surface area contributed by atoms with E-state index in [0.29, 0.717) is 24.6 Å². The van der Waals surface area contributed by atoms with Gasteiger partial charge in [0.05, 0.1) is 42.7 Å². The molecule has 1 amide bonds. The topological polar surface area (TPSA) is 123 Å². The van der Waals surface area contributed by atoms with Crippen molar-refractivity contribution in [3.05, 3.63) is 18.1 Å². The molecule has 3 aromatic rings. The van der Waals surface area contributed by atoms with E-state index in [4.69, 9.17) is 19.4 Å². The molecule has 12 nitrogen and oxygen atoms in total. The zero-order chi connectivity index (χ0) is 26.1. The largest absolute Gasteiger partial charge is 0.453 e. The Morgan fingerprint density at radius 1 is 1.11 bits per heavy atom. The molecule has 2 aliphatic heterocycles. The lowest BCUT2D eigenvalue weighted by atomic mass is 9.89. The minimum absolute atomic E-state index is 0.224. The molecule has 1 saturated carbocycles. The molecule has 6 rings (SSSR count). The van der Waals surface area contributed by atoms with Crippen LogP contribution in [-0.2, 0) is 9.47 Å². The van der Waals surface area contributed by atoms with Crippen molar-refractivity contribution >= 4 is 45.3 Å². The first-order chi connectivity index (χ1) is 18.6. The van der Waals surface area contributed by atoms with Gasteiger partial charge in [0.2, 0.25) is 5.95 Å². The van der Waals surface area contributed by atoms with Crippen molar-refractivity contribution in [2.24, 2.45) is 0 Å². The summed E-state index contributed by atoms with van der Waals surface area (Å²) in [7, 11) is 1.45. The van der Waals surface area contributed by atoms with Crippen LogP contribution >= 0.6 is 11.5 Å². The minimum atomic E-state index is -0.224. The van der Waals surface area contributed by atoms with E-state index in [9.17, 15) is 4.79 Å². The third kappa shape index (κ3) is 5.27. The number of ether oxygens (including phenoxy) is 2. The Bertz CT molecular complexity index is 1260.